The van der Waals surface area contributed by atoms with E-state index in [2.05, 4.69) is 24.0 Å². The highest BCUT2D eigenvalue weighted by atomic mass is 16.6. The van der Waals surface area contributed by atoms with Crippen LogP contribution in [0.3, 0.4) is 0 Å². The molecule has 3 aromatic carbocycles. The summed E-state index contributed by atoms with van der Waals surface area (Å²) in [5.41, 5.74) is 1.72. The molecule has 1 fully saturated rings. The fourth-order valence-corrected chi connectivity index (χ4v) is 4.87. The number of hydrogen-bond acceptors (Lipinski definition) is 4. The second kappa shape index (κ2) is 11.0. The van der Waals surface area contributed by atoms with Crippen LogP contribution in [-0.4, -0.2) is 23.4 Å². The highest BCUT2D eigenvalue weighted by molar-refractivity contribution is 5.94. The maximum atomic E-state index is 13.9. The Morgan fingerprint density at radius 3 is 2.47 bits per heavy atom. The average molecular weight is 458 g/mol. The second-order valence-corrected chi connectivity index (χ2v) is 8.86. The molecule has 176 valence electrons. The number of nitro benzene ring substituents is 1. The molecule has 0 radical (unpaired) electrons. The van der Waals surface area contributed by atoms with Crippen molar-refractivity contribution >= 4 is 28.1 Å². The van der Waals surface area contributed by atoms with Crippen molar-refractivity contribution in [3.8, 4) is 0 Å². The van der Waals surface area contributed by atoms with Gasteiger partial charge in [-0.05, 0) is 47.7 Å². The van der Waals surface area contributed by atoms with Gasteiger partial charge in [-0.2, -0.15) is 0 Å². The summed E-state index contributed by atoms with van der Waals surface area (Å²) in [6.07, 6.45) is 7.98. The van der Waals surface area contributed by atoms with Crippen LogP contribution in [0.4, 0.5) is 11.4 Å². The number of rotatable bonds is 9. The molecule has 0 heterocycles. The van der Waals surface area contributed by atoms with Crippen molar-refractivity contribution in [3.63, 3.8) is 0 Å². The zero-order valence-corrected chi connectivity index (χ0v) is 19.4. The molecule has 4 rings (SSSR count). The van der Waals surface area contributed by atoms with Gasteiger partial charge in [0.2, 0.25) is 5.91 Å². The first-order valence-corrected chi connectivity index (χ1v) is 12.0. The lowest BCUT2D eigenvalue weighted by atomic mass is 9.93. The standard InChI is InChI=1S/C28H31N3O3/c1-2-3-20-30(23-16-18-24(19-17-23)31(33)34)27(28(32)29-22-12-5-4-6-13-22)26-15-9-11-21-10-7-8-14-25(21)26/h2,7-11,14-19,22,27H,1,3-6,12-13,20H2,(H,29,32). The van der Waals surface area contributed by atoms with Gasteiger partial charge < -0.3 is 10.2 Å². The fourth-order valence-electron chi connectivity index (χ4n) is 4.87. The summed E-state index contributed by atoms with van der Waals surface area (Å²) in [5.74, 6) is -0.0364. The molecule has 0 aliphatic heterocycles. The number of benzene rings is 3. The lowest BCUT2D eigenvalue weighted by Crippen LogP contribution is -2.45. The van der Waals surface area contributed by atoms with Crippen LogP contribution in [0.25, 0.3) is 10.8 Å². The minimum atomic E-state index is -0.575. The molecule has 6 nitrogen and oxygen atoms in total. The predicted molar refractivity (Wildman–Crippen MR) is 137 cm³/mol. The molecule has 1 aliphatic carbocycles. The number of nitro groups is 1. The molecule has 1 unspecified atom stereocenters. The van der Waals surface area contributed by atoms with Crippen LogP contribution in [-0.2, 0) is 4.79 Å². The summed E-state index contributed by atoms with van der Waals surface area (Å²) in [6, 6.07) is 20.2. The van der Waals surface area contributed by atoms with E-state index in [1.54, 1.807) is 12.1 Å². The van der Waals surface area contributed by atoms with Crippen molar-refractivity contribution in [2.45, 2.75) is 50.6 Å². The number of carbonyl (C=O) groups is 1. The molecule has 0 spiro atoms. The quantitative estimate of drug-likeness (QED) is 0.232. The highest BCUT2D eigenvalue weighted by Gasteiger charge is 2.31. The monoisotopic (exact) mass is 457 g/mol. The Kier molecular flexibility index (Phi) is 7.58. The van der Waals surface area contributed by atoms with Crippen LogP contribution in [0.2, 0.25) is 0 Å². The lowest BCUT2D eigenvalue weighted by Gasteiger charge is -2.35. The summed E-state index contributed by atoms with van der Waals surface area (Å²) in [5, 5.41) is 16.6. The van der Waals surface area contributed by atoms with Crippen LogP contribution >= 0.6 is 0 Å². The van der Waals surface area contributed by atoms with Crippen LogP contribution in [0.1, 0.15) is 50.1 Å². The van der Waals surface area contributed by atoms with E-state index in [9.17, 15) is 14.9 Å². The van der Waals surface area contributed by atoms with E-state index < -0.39 is 11.0 Å². The van der Waals surface area contributed by atoms with Crippen LogP contribution in [0.15, 0.2) is 79.4 Å². The predicted octanol–water partition coefficient (Wildman–Crippen LogP) is 6.32. The van der Waals surface area contributed by atoms with E-state index in [0.717, 1.165) is 47.7 Å². The number of hydrogen-bond donors (Lipinski definition) is 1. The molecule has 3 aromatic rings. The average Bonchev–Trinajstić information content (AvgIpc) is 2.87. The van der Waals surface area contributed by atoms with Crippen molar-refractivity contribution in [1.82, 2.24) is 5.32 Å². The first kappa shape index (κ1) is 23.5. The smallest absolute Gasteiger partial charge is 0.269 e. The summed E-state index contributed by atoms with van der Waals surface area (Å²) in [7, 11) is 0. The number of nitrogens with one attached hydrogen (secondary N) is 1. The van der Waals surface area contributed by atoms with Crippen LogP contribution in [0, 0.1) is 10.1 Å². The van der Waals surface area contributed by atoms with Gasteiger partial charge in [0, 0.05) is 30.4 Å². The molecule has 1 N–H and O–H groups in total. The van der Waals surface area contributed by atoms with E-state index in [1.807, 2.05) is 41.3 Å². The van der Waals surface area contributed by atoms with Crippen LogP contribution in [0.5, 0.6) is 0 Å². The van der Waals surface area contributed by atoms with Crippen molar-refractivity contribution in [1.29, 1.82) is 0 Å². The zero-order valence-electron chi connectivity index (χ0n) is 19.4. The maximum Gasteiger partial charge on any atom is 0.269 e. The van der Waals surface area contributed by atoms with Gasteiger partial charge in [0.05, 0.1) is 4.92 Å². The van der Waals surface area contributed by atoms with E-state index >= 15 is 0 Å². The minimum absolute atomic E-state index is 0.0285. The highest BCUT2D eigenvalue weighted by Crippen LogP contribution is 2.34. The molecule has 34 heavy (non-hydrogen) atoms. The molecule has 1 atom stereocenters. The Labute approximate surface area is 200 Å². The van der Waals surface area contributed by atoms with Gasteiger partial charge in [-0.1, -0.05) is 67.8 Å². The van der Waals surface area contributed by atoms with Crippen molar-refractivity contribution in [2.24, 2.45) is 0 Å². The maximum absolute atomic E-state index is 13.9. The van der Waals surface area contributed by atoms with E-state index in [0.29, 0.717) is 13.0 Å². The summed E-state index contributed by atoms with van der Waals surface area (Å²) >= 11 is 0. The Morgan fingerprint density at radius 1 is 1.06 bits per heavy atom. The first-order chi connectivity index (χ1) is 16.6. The molecular weight excluding hydrogens is 426 g/mol. The van der Waals surface area contributed by atoms with Gasteiger partial charge in [-0.3, -0.25) is 14.9 Å². The summed E-state index contributed by atoms with van der Waals surface area (Å²) in [4.78, 5) is 26.8. The van der Waals surface area contributed by atoms with Crippen molar-refractivity contribution in [2.75, 3.05) is 11.4 Å². The summed E-state index contributed by atoms with van der Waals surface area (Å²) in [6.45, 7) is 4.43. The molecule has 1 saturated carbocycles. The Morgan fingerprint density at radius 2 is 1.76 bits per heavy atom. The van der Waals surface area contributed by atoms with Gasteiger partial charge in [0.15, 0.2) is 0 Å². The van der Waals surface area contributed by atoms with Gasteiger partial charge in [-0.15, -0.1) is 6.58 Å². The van der Waals surface area contributed by atoms with Gasteiger partial charge in [0.25, 0.3) is 5.69 Å². The summed E-state index contributed by atoms with van der Waals surface area (Å²) < 4.78 is 0. The van der Waals surface area contributed by atoms with Gasteiger partial charge in [-0.25, -0.2) is 0 Å². The van der Waals surface area contributed by atoms with Crippen molar-refractivity contribution < 1.29 is 9.72 Å². The van der Waals surface area contributed by atoms with E-state index in [1.165, 1.54) is 18.6 Å². The Hall–Kier alpha value is -3.67. The lowest BCUT2D eigenvalue weighted by molar-refractivity contribution is -0.384. The SMILES string of the molecule is C=CCCN(c1ccc([N+](=O)[O-])cc1)C(C(=O)NC1CCCCC1)c1cccc2ccccc12. The number of carbonyl (C=O) groups excluding carboxylic acids is 1. The minimum Gasteiger partial charge on any atom is -0.356 e. The normalized spacial score (nSPS) is 14.9. The second-order valence-electron chi connectivity index (χ2n) is 8.86. The molecular formula is C28H31N3O3. The van der Waals surface area contributed by atoms with E-state index in [4.69, 9.17) is 0 Å². The molecule has 6 heteroatoms. The van der Waals surface area contributed by atoms with Gasteiger partial charge >= 0.3 is 0 Å². The third kappa shape index (κ3) is 5.28. The first-order valence-electron chi connectivity index (χ1n) is 12.0. The van der Waals surface area contributed by atoms with Crippen molar-refractivity contribution in [3.05, 3.63) is 95.1 Å². The Balaban J connectivity index is 1.79. The number of anilines is 1. The molecule has 1 amide bonds. The largest absolute Gasteiger partial charge is 0.356 e. The molecule has 0 bridgehead atoms. The molecule has 1 aliphatic rings. The fraction of sp³-hybridized carbons (Fsp3) is 0.321. The number of fused-ring (bicyclic) bond motifs is 1. The Bertz CT molecular complexity index is 1150. The molecule has 0 aromatic heterocycles. The third-order valence-corrected chi connectivity index (χ3v) is 6.60. The number of amides is 1. The van der Waals surface area contributed by atoms with Crippen LogP contribution < -0.4 is 10.2 Å². The van der Waals surface area contributed by atoms with Gasteiger partial charge in [0.1, 0.15) is 6.04 Å². The third-order valence-electron chi connectivity index (χ3n) is 6.60. The molecule has 0 saturated heterocycles. The topological polar surface area (TPSA) is 75.5 Å². The van der Waals surface area contributed by atoms with E-state index in [-0.39, 0.29) is 17.6 Å². The number of non-ortho nitro benzene ring substituents is 1. The number of nitrogens with zero attached hydrogens (tertiary/aromatic N) is 2. The zero-order chi connectivity index (χ0) is 23.9.